The average Bonchev–Trinajstić information content (AvgIpc) is 2.26. The van der Waals surface area contributed by atoms with Crippen molar-refractivity contribution in [2.75, 3.05) is 6.54 Å². The van der Waals surface area contributed by atoms with Gasteiger partial charge < -0.3 is 5.32 Å². The van der Waals surface area contributed by atoms with Gasteiger partial charge in [-0.3, -0.25) is 4.79 Å². The maximum atomic E-state index is 13.5. The summed E-state index contributed by atoms with van der Waals surface area (Å²) in [6.07, 6.45) is -4.64. The first-order valence-corrected chi connectivity index (χ1v) is 7.32. The standard InChI is InChI=1S/C10H8ClF4NO3S/c1-5-7(12)2-6(3-8(5)20(11,18)19)9(17)16-4-10(13,14)15/h2-3H,4H2,1H3,(H,16,17). The van der Waals surface area contributed by atoms with Crippen LogP contribution in [0, 0.1) is 12.7 Å². The molecule has 1 amide bonds. The molecule has 0 atom stereocenters. The van der Waals surface area contributed by atoms with Gasteiger partial charge in [-0.05, 0) is 19.1 Å². The van der Waals surface area contributed by atoms with E-state index in [2.05, 4.69) is 0 Å². The molecule has 0 bridgehead atoms. The van der Waals surface area contributed by atoms with E-state index in [4.69, 9.17) is 10.7 Å². The molecule has 10 heteroatoms. The summed E-state index contributed by atoms with van der Waals surface area (Å²) in [5.41, 5.74) is -0.899. The molecule has 0 heterocycles. The Kier molecular flexibility index (Phi) is 4.65. The smallest absolute Gasteiger partial charge is 0.343 e. The summed E-state index contributed by atoms with van der Waals surface area (Å²) in [6.45, 7) is -0.508. The Morgan fingerprint density at radius 3 is 2.35 bits per heavy atom. The Morgan fingerprint density at radius 1 is 1.35 bits per heavy atom. The van der Waals surface area contributed by atoms with E-state index in [0.29, 0.717) is 12.1 Å². The van der Waals surface area contributed by atoms with Crippen molar-refractivity contribution in [3.05, 3.63) is 29.1 Å². The van der Waals surface area contributed by atoms with Crippen LogP contribution in [0.4, 0.5) is 17.6 Å². The highest BCUT2D eigenvalue weighted by Crippen LogP contribution is 2.24. The summed E-state index contributed by atoms with van der Waals surface area (Å²) >= 11 is 0. The lowest BCUT2D eigenvalue weighted by molar-refractivity contribution is -0.123. The highest BCUT2D eigenvalue weighted by Gasteiger charge is 2.28. The van der Waals surface area contributed by atoms with Gasteiger partial charge in [0, 0.05) is 21.8 Å². The summed E-state index contributed by atoms with van der Waals surface area (Å²) in [6, 6.07) is 1.35. The van der Waals surface area contributed by atoms with E-state index >= 15 is 0 Å². The number of hydrogen-bond donors (Lipinski definition) is 1. The Morgan fingerprint density at radius 2 is 1.90 bits per heavy atom. The van der Waals surface area contributed by atoms with Crippen molar-refractivity contribution in [2.24, 2.45) is 0 Å². The van der Waals surface area contributed by atoms with Crippen LogP contribution in [-0.4, -0.2) is 27.0 Å². The summed E-state index contributed by atoms with van der Waals surface area (Å²) < 4.78 is 71.7. The molecule has 20 heavy (non-hydrogen) atoms. The Labute approximate surface area is 116 Å². The molecule has 0 saturated heterocycles. The lowest BCUT2D eigenvalue weighted by atomic mass is 10.1. The van der Waals surface area contributed by atoms with Crippen molar-refractivity contribution < 1.29 is 30.8 Å². The largest absolute Gasteiger partial charge is 0.405 e. The van der Waals surface area contributed by atoms with E-state index < -0.39 is 44.0 Å². The minimum Gasteiger partial charge on any atom is -0.343 e. The lowest BCUT2D eigenvalue weighted by Gasteiger charge is -2.10. The zero-order valence-electron chi connectivity index (χ0n) is 9.88. The van der Waals surface area contributed by atoms with Crippen LogP contribution in [0.25, 0.3) is 0 Å². The van der Waals surface area contributed by atoms with Crippen LogP contribution in [-0.2, 0) is 9.05 Å². The third-order valence-electron chi connectivity index (χ3n) is 2.27. The van der Waals surface area contributed by atoms with Crippen LogP contribution >= 0.6 is 10.7 Å². The number of benzene rings is 1. The van der Waals surface area contributed by atoms with Gasteiger partial charge in [-0.15, -0.1) is 0 Å². The number of rotatable bonds is 3. The molecule has 4 nitrogen and oxygen atoms in total. The molecule has 1 N–H and O–H groups in total. The molecular weight excluding hydrogens is 326 g/mol. The van der Waals surface area contributed by atoms with E-state index in [1.54, 1.807) is 0 Å². The quantitative estimate of drug-likeness (QED) is 0.682. The zero-order valence-corrected chi connectivity index (χ0v) is 11.5. The van der Waals surface area contributed by atoms with Crippen molar-refractivity contribution >= 4 is 25.6 Å². The molecule has 1 aromatic rings. The van der Waals surface area contributed by atoms with Crippen LogP contribution < -0.4 is 5.32 Å². The first-order valence-electron chi connectivity index (χ1n) is 5.01. The third-order valence-corrected chi connectivity index (χ3v) is 3.72. The molecule has 1 aromatic carbocycles. The Hall–Kier alpha value is -1.35. The van der Waals surface area contributed by atoms with Crippen molar-refractivity contribution in [1.82, 2.24) is 5.32 Å². The van der Waals surface area contributed by atoms with Gasteiger partial charge in [0.15, 0.2) is 0 Å². The molecule has 112 valence electrons. The number of alkyl halides is 3. The maximum absolute atomic E-state index is 13.5. The van der Waals surface area contributed by atoms with Gasteiger partial charge in [-0.25, -0.2) is 12.8 Å². The van der Waals surface area contributed by atoms with Gasteiger partial charge >= 0.3 is 6.18 Å². The van der Waals surface area contributed by atoms with E-state index in [-0.39, 0.29) is 5.56 Å². The fourth-order valence-electron chi connectivity index (χ4n) is 1.32. The van der Waals surface area contributed by atoms with Gasteiger partial charge in [0.05, 0.1) is 4.90 Å². The molecule has 0 spiro atoms. The van der Waals surface area contributed by atoms with Crippen LogP contribution in [0.1, 0.15) is 15.9 Å². The van der Waals surface area contributed by atoms with Crippen molar-refractivity contribution in [3.63, 3.8) is 0 Å². The normalized spacial score (nSPS) is 12.3. The van der Waals surface area contributed by atoms with Gasteiger partial charge in [-0.2, -0.15) is 13.2 Å². The van der Waals surface area contributed by atoms with Crippen LogP contribution in [0.5, 0.6) is 0 Å². The average molecular weight is 334 g/mol. The molecule has 0 radical (unpaired) electrons. The minimum atomic E-state index is -4.64. The number of carbonyl (C=O) groups excluding carboxylic acids is 1. The predicted molar refractivity (Wildman–Crippen MR) is 62.6 cm³/mol. The summed E-state index contributed by atoms with van der Waals surface area (Å²) in [5, 5.41) is 1.50. The third kappa shape index (κ3) is 4.34. The van der Waals surface area contributed by atoms with E-state index in [1.165, 1.54) is 5.32 Å². The first kappa shape index (κ1) is 16.7. The molecular formula is C10H8ClF4NO3S. The second-order valence-electron chi connectivity index (χ2n) is 3.82. The number of hydrogen-bond acceptors (Lipinski definition) is 3. The van der Waals surface area contributed by atoms with Crippen molar-refractivity contribution in [3.8, 4) is 0 Å². The predicted octanol–water partition coefficient (Wildman–Crippen LogP) is 2.35. The van der Waals surface area contributed by atoms with Crippen molar-refractivity contribution in [1.29, 1.82) is 0 Å². The molecule has 0 aliphatic carbocycles. The van der Waals surface area contributed by atoms with Gasteiger partial charge in [0.2, 0.25) is 0 Å². The van der Waals surface area contributed by atoms with Gasteiger partial charge in [0.1, 0.15) is 12.4 Å². The summed E-state index contributed by atoms with van der Waals surface area (Å²) in [4.78, 5) is 10.7. The first-order chi connectivity index (χ1) is 8.92. The highest BCUT2D eigenvalue weighted by molar-refractivity contribution is 8.13. The fraction of sp³-hybridized carbons (Fsp3) is 0.300. The topological polar surface area (TPSA) is 63.2 Å². The second kappa shape index (κ2) is 5.57. The van der Waals surface area contributed by atoms with Crippen molar-refractivity contribution in [2.45, 2.75) is 18.0 Å². The number of halogens is 5. The molecule has 0 unspecified atom stereocenters. The van der Waals surface area contributed by atoms with Crippen LogP contribution in [0.2, 0.25) is 0 Å². The number of nitrogens with one attached hydrogen (secondary N) is 1. The number of carbonyl (C=O) groups is 1. The highest BCUT2D eigenvalue weighted by atomic mass is 35.7. The fourth-order valence-corrected chi connectivity index (χ4v) is 2.53. The molecule has 0 aliphatic rings. The van der Waals surface area contributed by atoms with Gasteiger partial charge in [-0.1, -0.05) is 0 Å². The maximum Gasteiger partial charge on any atom is 0.405 e. The SMILES string of the molecule is Cc1c(F)cc(C(=O)NCC(F)(F)F)cc1S(=O)(=O)Cl. The van der Waals surface area contributed by atoms with Gasteiger partial charge in [0.25, 0.3) is 15.0 Å². The van der Waals surface area contributed by atoms with E-state index in [0.717, 1.165) is 6.92 Å². The molecule has 0 fully saturated rings. The van der Waals surface area contributed by atoms with Crippen LogP contribution in [0.15, 0.2) is 17.0 Å². The van der Waals surface area contributed by atoms with E-state index in [1.807, 2.05) is 0 Å². The Balaban J connectivity index is 3.15. The van der Waals surface area contributed by atoms with Crippen LogP contribution in [0.3, 0.4) is 0 Å². The lowest BCUT2D eigenvalue weighted by Crippen LogP contribution is -2.33. The molecule has 0 aromatic heterocycles. The molecule has 1 rings (SSSR count). The molecule has 0 saturated carbocycles. The molecule has 0 aliphatic heterocycles. The summed E-state index contributed by atoms with van der Waals surface area (Å²) in [7, 11) is 0.731. The second-order valence-corrected chi connectivity index (χ2v) is 6.35. The zero-order chi connectivity index (χ0) is 15.7. The Bertz CT molecular complexity index is 643. The monoisotopic (exact) mass is 333 g/mol. The minimum absolute atomic E-state index is 0.327. The van der Waals surface area contributed by atoms with E-state index in [9.17, 15) is 30.8 Å². The summed E-state index contributed by atoms with van der Waals surface area (Å²) in [5.74, 6) is -2.33. The number of amides is 1.